The van der Waals surface area contributed by atoms with Crippen LogP contribution in [0, 0.1) is 11.3 Å². The van der Waals surface area contributed by atoms with Gasteiger partial charge in [-0.05, 0) is 18.8 Å². The van der Waals surface area contributed by atoms with Gasteiger partial charge in [0.2, 0.25) is 0 Å². The Kier molecular flexibility index (Phi) is 3.18. The van der Waals surface area contributed by atoms with E-state index in [0.29, 0.717) is 6.04 Å². The summed E-state index contributed by atoms with van der Waals surface area (Å²) in [6, 6.07) is 0.382. The van der Waals surface area contributed by atoms with Crippen molar-refractivity contribution in [3.05, 3.63) is 11.6 Å². The predicted molar refractivity (Wildman–Crippen MR) is 58.5 cm³/mol. The molecule has 0 aromatic heterocycles. The first-order chi connectivity index (χ1) is 5.98. The Bertz CT molecular complexity index is 203. The number of rotatable bonds is 3. The van der Waals surface area contributed by atoms with Gasteiger partial charge in [-0.15, -0.1) is 0 Å². The van der Waals surface area contributed by atoms with Crippen molar-refractivity contribution in [2.24, 2.45) is 17.1 Å². The van der Waals surface area contributed by atoms with E-state index in [1.165, 1.54) is 12.8 Å². The molecule has 13 heavy (non-hydrogen) atoms. The van der Waals surface area contributed by atoms with Crippen LogP contribution in [0.2, 0.25) is 0 Å². The Morgan fingerprint density at radius 3 is 2.62 bits per heavy atom. The molecule has 0 aromatic carbocycles. The van der Waals surface area contributed by atoms with Gasteiger partial charge in [-0.2, -0.15) is 0 Å². The topological polar surface area (TPSA) is 26.0 Å². The van der Waals surface area contributed by atoms with Crippen molar-refractivity contribution in [2.45, 2.75) is 53.0 Å². The van der Waals surface area contributed by atoms with Crippen molar-refractivity contribution >= 4 is 0 Å². The molecule has 0 saturated heterocycles. The van der Waals surface area contributed by atoms with Crippen LogP contribution >= 0.6 is 0 Å². The molecule has 0 aromatic rings. The van der Waals surface area contributed by atoms with E-state index in [1.807, 2.05) is 0 Å². The maximum absolute atomic E-state index is 5.96. The summed E-state index contributed by atoms with van der Waals surface area (Å²) in [5.41, 5.74) is 7.79. The average Bonchev–Trinajstić information content (AvgIpc) is 2.04. The lowest BCUT2D eigenvalue weighted by Crippen LogP contribution is -2.49. The third kappa shape index (κ3) is 2.14. The van der Waals surface area contributed by atoms with Crippen LogP contribution in [0.1, 0.15) is 47.0 Å². The average molecular weight is 181 g/mol. The largest absolute Gasteiger partial charge is 0.327 e. The zero-order chi connectivity index (χ0) is 10.1. The lowest BCUT2D eigenvalue weighted by Gasteiger charge is -2.46. The summed E-state index contributed by atoms with van der Waals surface area (Å²) in [6.45, 7) is 9.06. The summed E-state index contributed by atoms with van der Waals surface area (Å²) in [4.78, 5) is 0. The molecule has 0 spiro atoms. The Labute approximate surface area is 82.4 Å². The van der Waals surface area contributed by atoms with Gasteiger partial charge >= 0.3 is 0 Å². The van der Waals surface area contributed by atoms with Crippen LogP contribution < -0.4 is 5.73 Å². The van der Waals surface area contributed by atoms with Gasteiger partial charge < -0.3 is 5.73 Å². The summed E-state index contributed by atoms with van der Waals surface area (Å²) in [6.07, 6.45) is 6.13. The van der Waals surface area contributed by atoms with Crippen LogP contribution in [0.4, 0.5) is 0 Å². The van der Waals surface area contributed by atoms with Gasteiger partial charge in [0.15, 0.2) is 0 Å². The number of hydrogen-bond donors (Lipinski definition) is 1. The normalized spacial score (nSPS) is 31.5. The second kappa shape index (κ2) is 3.83. The zero-order valence-electron chi connectivity index (χ0n) is 9.43. The maximum atomic E-state index is 5.96. The summed E-state index contributed by atoms with van der Waals surface area (Å²) in [7, 11) is 0. The van der Waals surface area contributed by atoms with E-state index in [1.54, 1.807) is 5.57 Å². The minimum atomic E-state index is 0.266. The van der Waals surface area contributed by atoms with Crippen molar-refractivity contribution in [1.29, 1.82) is 0 Å². The first-order valence-corrected chi connectivity index (χ1v) is 5.45. The number of nitrogens with two attached hydrogens (primary N) is 1. The highest BCUT2D eigenvalue weighted by Crippen LogP contribution is 2.45. The molecule has 1 rings (SSSR count). The fourth-order valence-corrected chi connectivity index (χ4v) is 2.03. The van der Waals surface area contributed by atoms with Crippen LogP contribution in [-0.4, -0.2) is 6.04 Å². The molecule has 1 heteroatoms. The standard InChI is InChI=1S/C12H23N/c1-5-6-9(2)7-10-8-11(13)12(10,3)4/h7,9,11H,5-6,8,13H2,1-4H3/b10-7-. The van der Waals surface area contributed by atoms with Crippen molar-refractivity contribution in [3.63, 3.8) is 0 Å². The van der Waals surface area contributed by atoms with Gasteiger partial charge in [0.1, 0.15) is 0 Å². The van der Waals surface area contributed by atoms with Gasteiger partial charge in [0, 0.05) is 11.5 Å². The van der Waals surface area contributed by atoms with Gasteiger partial charge in [-0.25, -0.2) is 0 Å². The third-order valence-corrected chi connectivity index (χ3v) is 3.42. The molecule has 1 saturated carbocycles. The highest BCUT2D eigenvalue weighted by Gasteiger charge is 2.40. The van der Waals surface area contributed by atoms with Crippen LogP contribution in [0.25, 0.3) is 0 Å². The first-order valence-electron chi connectivity index (χ1n) is 5.45. The molecule has 1 nitrogen and oxygen atoms in total. The van der Waals surface area contributed by atoms with Gasteiger partial charge in [0.25, 0.3) is 0 Å². The maximum Gasteiger partial charge on any atom is 0.0165 e. The lowest BCUT2D eigenvalue weighted by molar-refractivity contribution is 0.243. The van der Waals surface area contributed by atoms with E-state index < -0.39 is 0 Å². The molecule has 0 heterocycles. The Morgan fingerprint density at radius 2 is 2.23 bits per heavy atom. The SMILES string of the molecule is CCCC(C)/C=C1/CC(N)C1(C)C. The molecule has 1 fully saturated rings. The molecule has 1 aliphatic carbocycles. The minimum Gasteiger partial charge on any atom is -0.327 e. The van der Waals surface area contributed by atoms with Crippen molar-refractivity contribution in [2.75, 3.05) is 0 Å². The molecule has 76 valence electrons. The fraction of sp³-hybridized carbons (Fsp3) is 0.833. The molecule has 0 bridgehead atoms. The minimum absolute atomic E-state index is 0.266. The molecule has 0 radical (unpaired) electrons. The van der Waals surface area contributed by atoms with Crippen LogP contribution in [0.15, 0.2) is 11.6 Å². The Balaban J connectivity index is 2.54. The fourth-order valence-electron chi connectivity index (χ4n) is 2.03. The molecule has 2 unspecified atom stereocenters. The van der Waals surface area contributed by atoms with E-state index in [2.05, 4.69) is 33.8 Å². The second-order valence-electron chi connectivity index (χ2n) is 4.99. The first kappa shape index (κ1) is 10.8. The predicted octanol–water partition coefficient (Wildman–Crippen LogP) is 3.11. The Morgan fingerprint density at radius 1 is 1.62 bits per heavy atom. The van der Waals surface area contributed by atoms with Crippen molar-refractivity contribution in [3.8, 4) is 0 Å². The van der Waals surface area contributed by atoms with Crippen molar-refractivity contribution in [1.82, 2.24) is 0 Å². The molecule has 0 amide bonds. The highest BCUT2D eigenvalue weighted by molar-refractivity contribution is 5.27. The van der Waals surface area contributed by atoms with Gasteiger partial charge in [-0.1, -0.05) is 45.8 Å². The summed E-state index contributed by atoms with van der Waals surface area (Å²) < 4.78 is 0. The molecule has 0 aliphatic heterocycles. The molecule has 1 aliphatic rings. The lowest BCUT2D eigenvalue weighted by atomic mass is 9.62. The van der Waals surface area contributed by atoms with E-state index >= 15 is 0 Å². The molecule has 2 N–H and O–H groups in total. The van der Waals surface area contributed by atoms with Crippen molar-refractivity contribution < 1.29 is 0 Å². The summed E-state index contributed by atoms with van der Waals surface area (Å²) in [5, 5.41) is 0. The molecular weight excluding hydrogens is 158 g/mol. The van der Waals surface area contributed by atoms with E-state index in [9.17, 15) is 0 Å². The van der Waals surface area contributed by atoms with Crippen LogP contribution in [0.5, 0.6) is 0 Å². The van der Waals surface area contributed by atoms with Crippen LogP contribution in [-0.2, 0) is 0 Å². The van der Waals surface area contributed by atoms with E-state index in [-0.39, 0.29) is 5.41 Å². The van der Waals surface area contributed by atoms with Gasteiger partial charge in [-0.3, -0.25) is 0 Å². The quantitative estimate of drug-likeness (QED) is 0.665. The Hall–Kier alpha value is -0.300. The van der Waals surface area contributed by atoms with E-state index in [4.69, 9.17) is 5.73 Å². The monoisotopic (exact) mass is 181 g/mol. The third-order valence-electron chi connectivity index (χ3n) is 3.42. The molecular formula is C12H23N. The smallest absolute Gasteiger partial charge is 0.0165 e. The zero-order valence-corrected chi connectivity index (χ0v) is 9.43. The number of allylic oxidation sites excluding steroid dienone is 1. The van der Waals surface area contributed by atoms with Crippen LogP contribution in [0.3, 0.4) is 0 Å². The second-order valence-corrected chi connectivity index (χ2v) is 4.99. The highest BCUT2D eigenvalue weighted by atomic mass is 14.7. The number of hydrogen-bond acceptors (Lipinski definition) is 1. The van der Waals surface area contributed by atoms with Gasteiger partial charge in [0.05, 0.1) is 0 Å². The summed E-state index contributed by atoms with van der Waals surface area (Å²) in [5.74, 6) is 0.728. The van der Waals surface area contributed by atoms with E-state index in [0.717, 1.165) is 12.3 Å². The summed E-state index contributed by atoms with van der Waals surface area (Å²) >= 11 is 0. The molecule has 2 atom stereocenters.